The van der Waals surface area contributed by atoms with Gasteiger partial charge in [-0.25, -0.2) is 0 Å². The van der Waals surface area contributed by atoms with E-state index in [0.717, 1.165) is 29.4 Å². The van der Waals surface area contributed by atoms with Crippen LogP contribution < -0.4 is 0 Å². The molecule has 21 heavy (non-hydrogen) atoms. The number of aliphatic hydroxyl groups is 1. The number of rotatable bonds is 2. The van der Waals surface area contributed by atoms with Crippen LogP contribution in [0.3, 0.4) is 0 Å². The van der Waals surface area contributed by atoms with Gasteiger partial charge in [0.05, 0.1) is 0 Å². The van der Waals surface area contributed by atoms with Crippen LogP contribution in [0, 0.1) is 6.92 Å². The lowest BCUT2D eigenvalue weighted by Crippen LogP contribution is -2.07. The van der Waals surface area contributed by atoms with Gasteiger partial charge in [0.2, 0.25) is 0 Å². The molecule has 1 heterocycles. The maximum absolute atomic E-state index is 10.8. The molecule has 1 aromatic heterocycles. The van der Waals surface area contributed by atoms with Crippen LogP contribution in [0.25, 0.3) is 11.0 Å². The zero-order valence-electron chi connectivity index (χ0n) is 12.0. The highest BCUT2D eigenvalue weighted by Crippen LogP contribution is 2.42. The highest BCUT2D eigenvalue weighted by atomic mass is 16.4. The van der Waals surface area contributed by atoms with E-state index < -0.39 is 6.10 Å². The summed E-state index contributed by atoms with van der Waals surface area (Å²) in [5.74, 6) is 0.822. The van der Waals surface area contributed by atoms with Gasteiger partial charge >= 0.3 is 0 Å². The summed E-state index contributed by atoms with van der Waals surface area (Å²) in [6.45, 7) is 2.03. The van der Waals surface area contributed by atoms with Gasteiger partial charge in [-0.15, -0.1) is 0 Å². The van der Waals surface area contributed by atoms with Gasteiger partial charge in [-0.3, -0.25) is 0 Å². The molecule has 2 atom stereocenters. The Labute approximate surface area is 124 Å². The van der Waals surface area contributed by atoms with Gasteiger partial charge in [0.1, 0.15) is 17.4 Å². The van der Waals surface area contributed by atoms with E-state index in [1.165, 1.54) is 11.1 Å². The van der Waals surface area contributed by atoms with E-state index in [9.17, 15) is 5.11 Å². The maximum Gasteiger partial charge on any atom is 0.137 e. The van der Waals surface area contributed by atoms with Crippen molar-refractivity contribution in [2.24, 2.45) is 0 Å². The first-order valence-electron chi connectivity index (χ1n) is 7.49. The normalized spacial score (nSPS) is 18.9. The smallest absolute Gasteiger partial charge is 0.137 e. The standard InChI is InChI=1S/C19H18O2/c1-12-5-4-7-14-11-17(21-19(12)14)18(20)16-10-9-13-6-2-3-8-15(13)16/h2-8,11,16,18,20H,9-10H2,1H3. The molecule has 2 unspecified atom stereocenters. The summed E-state index contributed by atoms with van der Waals surface area (Å²) in [4.78, 5) is 0. The Hall–Kier alpha value is -2.06. The number of benzene rings is 2. The number of fused-ring (bicyclic) bond motifs is 2. The van der Waals surface area contributed by atoms with Gasteiger partial charge in [-0.2, -0.15) is 0 Å². The Morgan fingerprint density at radius 3 is 2.86 bits per heavy atom. The lowest BCUT2D eigenvalue weighted by Gasteiger charge is -2.17. The van der Waals surface area contributed by atoms with Gasteiger partial charge < -0.3 is 9.52 Å². The molecule has 0 bridgehead atoms. The second-order valence-electron chi connectivity index (χ2n) is 5.93. The number of hydrogen-bond acceptors (Lipinski definition) is 2. The molecule has 0 aliphatic heterocycles. The molecule has 2 aromatic carbocycles. The van der Waals surface area contributed by atoms with Crippen molar-refractivity contribution in [1.82, 2.24) is 0 Å². The average Bonchev–Trinajstić information content (AvgIpc) is 3.11. The van der Waals surface area contributed by atoms with E-state index in [1.807, 2.05) is 37.3 Å². The second kappa shape index (κ2) is 4.74. The van der Waals surface area contributed by atoms with E-state index in [-0.39, 0.29) is 5.92 Å². The third-order valence-corrected chi connectivity index (χ3v) is 4.61. The van der Waals surface area contributed by atoms with Crippen LogP contribution in [0.15, 0.2) is 52.9 Å². The molecule has 4 rings (SSSR count). The molecular formula is C19H18O2. The predicted octanol–water partition coefficient (Wildman–Crippen LogP) is 4.50. The Morgan fingerprint density at radius 1 is 1.14 bits per heavy atom. The van der Waals surface area contributed by atoms with Crippen LogP contribution in [-0.4, -0.2) is 5.11 Å². The van der Waals surface area contributed by atoms with Crippen LogP contribution in [0.2, 0.25) is 0 Å². The van der Waals surface area contributed by atoms with Gasteiger partial charge in [0, 0.05) is 11.3 Å². The summed E-state index contributed by atoms with van der Waals surface area (Å²) >= 11 is 0. The van der Waals surface area contributed by atoms with E-state index >= 15 is 0 Å². The molecule has 2 nitrogen and oxygen atoms in total. The molecule has 0 spiro atoms. The summed E-state index contributed by atoms with van der Waals surface area (Å²) in [5, 5.41) is 11.8. The number of aliphatic hydroxyl groups excluding tert-OH is 1. The highest BCUT2D eigenvalue weighted by molar-refractivity contribution is 5.81. The number of hydrogen-bond donors (Lipinski definition) is 1. The fourth-order valence-corrected chi connectivity index (χ4v) is 3.49. The summed E-state index contributed by atoms with van der Waals surface area (Å²) in [7, 11) is 0. The van der Waals surface area contributed by atoms with Gasteiger partial charge in [0.15, 0.2) is 0 Å². The van der Waals surface area contributed by atoms with Crippen LogP contribution in [0.5, 0.6) is 0 Å². The maximum atomic E-state index is 10.8. The first-order valence-corrected chi connectivity index (χ1v) is 7.49. The first kappa shape index (κ1) is 12.7. The lowest BCUT2D eigenvalue weighted by molar-refractivity contribution is 0.121. The third kappa shape index (κ3) is 1.98. The SMILES string of the molecule is Cc1cccc2cc(C(O)C3CCc4ccccc43)oc12. The third-order valence-electron chi connectivity index (χ3n) is 4.61. The minimum absolute atomic E-state index is 0.141. The van der Waals surface area contributed by atoms with Crippen LogP contribution in [-0.2, 0) is 6.42 Å². The molecule has 0 radical (unpaired) electrons. The fourth-order valence-electron chi connectivity index (χ4n) is 3.49. The van der Waals surface area contributed by atoms with Crippen LogP contribution in [0.4, 0.5) is 0 Å². The minimum Gasteiger partial charge on any atom is -0.458 e. The molecular weight excluding hydrogens is 260 g/mol. The lowest BCUT2D eigenvalue weighted by atomic mass is 9.94. The van der Waals surface area contributed by atoms with E-state index in [0.29, 0.717) is 5.76 Å². The zero-order valence-corrected chi connectivity index (χ0v) is 12.0. The van der Waals surface area contributed by atoms with Gasteiger partial charge in [-0.1, -0.05) is 42.5 Å². The van der Waals surface area contributed by atoms with Crippen molar-refractivity contribution in [3.05, 3.63) is 71.0 Å². The largest absolute Gasteiger partial charge is 0.458 e. The molecule has 1 N–H and O–H groups in total. The molecule has 0 saturated heterocycles. The second-order valence-corrected chi connectivity index (χ2v) is 5.93. The molecule has 3 aromatic rings. The quantitative estimate of drug-likeness (QED) is 0.748. The topological polar surface area (TPSA) is 33.4 Å². The number of para-hydroxylation sites is 1. The summed E-state index contributed by atoms with van der Waals surface area (Å²) < 4.78 is 5.94. The van der Waals surface area contributed by atoms with Gasteiger partial charge in [-0.05, 0) is 42.5 Å². The average molecular weight is 278 g/mol. The molecule has 1 aliphatic carbocycles. The van der Waals surface area contributed by atoms with Crippen molar-refractivity contribution < 1.29 is 9.52 Å². The summed E-state index contributed by atoms with van der Waals surface area (Å²) in [6, 6.07) is 16.5. The Bertz CT molecular complexity index is 800. The van der Waals surface area contributed by atoms with Crippen molar-refractivity contribution in [3.8, 4) is 0 Å². The predicted molar refractivity (Wildman–Crippen MR) is 83.4 cm³/mol. The van der Waals surface area contributed by atoms with Crippen LogP contribution in [0.1, 0.15) is 40.9 Å². The zero-order chi connectivity index (χ0) is 14.4. The molecule has 1 aliphatic rings. The fraction of sp³-hybridized carbons (Fsp3) is 0.263. The number of furan rings is 1. The Balaban J connectivity index is 1.74. The van der Waals surface area contributed by atoms with E-state index in [1.54, 1.807) is 0 Å². The molecule has 2 heteroatoms. The monoisotopic (exact) mass is 278 g/mol. The highest BCUT2D eigenvalue weighted by Gasteiger charge is 2.31. The van der Waals surface area contributed by atoms with Crippen LogP contribution >= 0.6 is 0 Å². The molecule has 0 saturated carbocycles. The van der Waals surface area contributed by atoms with Crippen molar-refractivity contribution in [2.75, 3.05) is 0 Å². The van der Waals surface area contributed by atoms with Gasteiger partial charge in [0.25, 0.3) is 0 Å². The van der Waals surface area contributed by atoms with Crippen molar-refractivity contribution >= 4 is 11.0 Å². The van der Waals surface area contributed by atoms with E-state index in [4.69, 9.17) is 4.42 Å². The Kier molecular flexibility index (Phi) is 2.86. The summed E-state index contributed by atoms with van der Waals surface area (Å²) in [5.41, 5.74) is 4.62. The molecule has 0 fully saturated rings. The number of aryl methyl sites for hydroxylation is 2. The van der Waals surface area contributed by atoms with E-state index in [2.05, 4.69) is 18.2 Å². The Morgan fingerprint density at radius 2 is 2.00 bits per heavy atom. The molecule has 106 valence electrons. The van der Waals surface area contributed by atoms with Crippen molar-refractivity contribution in [2.45, 2.75) is 31.8 Å². The molecule has 0 amide bonds. The minimum atomic E-state index is -0.569. The first-order chi connectivity index (χ1) is 10.2. The van der Waals surface area contributed by atoms with Crippen molar-refractivity contribution in [3.63, 3.8) is 0 Å². The van der Waals surface area contributed by atoms with Crippen molar-refractivity contribution in [1.29, 1.82) is 0 Å². The summed E-state index contributed by atoms with van der Waals surface area (Å²) in [6.07, 6.45) is 1.45.